The third-order valence-electron chi connectivity index (χ3n) is 4.02. The number of ether oxygens (including phenoxy) is 1. The van der Waals surface area contributed by atoms with Crippen molar-refractivity contribution in [1.29, 1.82) is 0 Å². The molecule has 1 saturated carbocycles. The van der Waals surface area contributed by atoms with Gasteiger partial charge in [0.1, 0.15) is 5.76 Å². The maximum atomic E-state index is 12.4. The Balaban J connectivity index is 1.73. The highest BCUT2D eigenvalue weighted by atomic mass is 16.5. The molecule has 1 aliphatic carbocycles. The van der Waals surface area contributed by atoms with E-state index < -0.39 is 12.1 Å². The highest BCUT2D eigenvalue weighted by Crippen LogP contribution is 2.24. The van der Waals surface area contributed by atoms with Gasteiger partial charge in [-0.2, -0.15) is 0 Å². The van der Waals surface area contributed by atoms with Crippen molar-refractivity contribution < 1.29 is 18.8 Å². The minimum absolute atomic E-state index is 0.0290. The van der Waals surface area contributed by atoms with Crippen molar-refractivity contribution in [3.8, 4) is 0 Å². The van der Waals surface area contributed by atoms with Gasteiger partial charge in [-0.1, -0.05) is 35.5 Å². The van der Waals surface area contributed by atoms with Crippen molar-refractivity contribution in [3.05, 3.63) is 52.9 Å². The van der Waals surface area contributed by atoms with Gasteiger partial charge >= 0.3 is 5.97 Å². The Labute approximate surface area is 140 Å². The fourth-order valence-corrected chi connectivity index (χ4v) is 2.48. The van der Waals surface area contributed by atoms with Crippen LogP contribution >= 0.6 is 0 Å². The SMILES string of the molecule is Cc1noc(C)c1CC(=O)OC(C(=O)NC1CC1)c1ccccc1. The summed E-state index contributed by atoms with van der Waals surface area (Å²) in [6.45, 7) is 3.52. The minimum Gasteiger partial charge on any atom is -0.447 e. The molecule has 1 aliphatic rings. The van der Waals surface area contributed by atoms with Gasteiger partial charge in [0.2, 0.25) is 6.10 Å². The molecule has 6 heteroatoms. The molecule has 6 nitrogen and oxygen atoms in total. The third kappa shape index (κ3) is 3.82. The van der Waals surface area contributed by atoms with Crippen LogP contribution in [0.5, 0.6) is 0 Å². The first-order chi connectivity index (χ1) is 11.5. The largest absolute Gasteiger partial charge is 0.447 e. The fraction of sp³-hybridized carbons (Fsp3) is 0.389. The number of benzene rings is 1. The maximum absolute atomic E-state index is 12.4. The van der Waals surface area contributed by atoms with Crippen LogP contribution in [0.2, 0.25) is 0 Å². The predicted octanol–water partition coefficient (Wildman–Crippen LogP) is 2.40. The van der Waals surface area contributed by atoms with Crippen molar-refractivity contribution in [2.24, 2.45) is 0 Å². The van der Waals surface area contributed by atoms with Gasteiger partial charge < -0.3 is 14.6 Å². The van der Waals surface area contributed by atoms with Gasteiger partial charge in [-0.15, -0.1) is 0 Å². The summed E-state index contributed by atoms with van der Waals surface area (Å²) < 4.78 is 10.5. The summed E-state index contributed by atoms with van der Waals surface area (Å²) >= 11 is 0. The first-order valence-corrected chi connectivity index (χ1v) is 8.01. The van der Waals surface area contributed by atoms with Gasteiger partial charge in [-0.3, -0.25) is 9.59 Å². The molecule has 0 bridgehead atoms. The van der Waals surface area contributed by atoms with Crippen molar-refractivity contribution in [1.82, 2.24) is 10.5 Å². The summed E-state index contributed by atoms with van der Waals surface area (Å²) in [6, 6.07) is 9.24. The molecule has 1 N–H and O–H groups in total. The molecule has 24 heavy (non-hydrogen) atoms. The number of nitrogens with one attached hydrogen (secondary N) is 1. The van der Waals surface area contributed by atoms with E-state index in [2.05, 4.69) is 10.5 Å². The lowest BCUT2D eigenvalue weighted by molar-refractivity contribution is -0.156. The van der Waals surface area contributed by atoms with Crippen molar-refractivity contribution >= 4 is 11.9 Å². The molecule has 1 fully saturated rings. The first kappa shape index (κ1) is 16.2. The number of hydrogen-bond donors (Lipinski definition) is 1. The van der Waals surface area contributed by atoms with Gasteiger partial charge in [-0.25, -0.2) is 0 Å². The Morgan fingerprint density at radius 3 is 2.58 bits per heavy atom. The lowest BCUT2D eigenvalue weighted by Gasteiger charge is -2.18. The number of rotatable bonds is 6. The smallest absolute Gasteiger partial charge is 0.311 e. The van der Waals surface area contributed by atoms with Gasteiger partial charge in [0.05, 0.1) is 12.1 Å². The fourth-order valence-electron chi connectivity index (χ4n) is 2.48. The Morgan fingerprint density at radius 1 is 1.29 bits per heavy atom. The van der Waals surface area contributed by atoms with E-state index in [-0.39, 0.29) is 18.4 Å². The first-order valence-electron chi connectivity index (χ1n) is 8.01. The van der Waals surface area contributed by atoms with E-state index in [1.807, 2.05) is 18.2 Å². The summed E-state index contributed by atoms with van der Waals surface area (Å²) in [6.07, 6.45) is 1.03. The molecule has 0 radical (unpaired) electrons. The molecule has 1 unspecified atom stereocenters. The molecule has 3 rings (SSSR count). The molecule has 1 aromatic carbocycles. The van der Waals surface area contributed by atoms with E-state index >= 15 is 0 Å². The zero-order valence-corrected chi connectivity index (χ0v) is 13.7. The molecule has 126 valence electrons. The number of esters is 1. The molecule has 1 aromatic heterocycles. The summed E-state index contributed by atoms with van der Waals surface area (Å²) in [4.78, 5) is 24.8. The normalized spacial score (nSPS) is 14.9. The van der Waals surface area contributed by atoms with Gasteiger partial charge in [0, 0.05) is 17.2 Å². The molecule has 0 aliphatic heterocycles. The Morgan fingerprint density at radius 2 is 2.00 bits per heavy atom. The monoisotopic (exact) mass is 328 g/mol. The van der Waals surface area contributed by atoms with E-state index in [0.717, 1.165) is 12.8 Å². The molecule has 0 saturated heterocycles. The van der Waals surface area contributed by atoms with Crippen LogP contribution < -0.4 is 5.32 Å². The Hall–Kier alpha value is -2.63. The molecule has 1 amide bonds. The van der Waals surface area contributed by atoms with Crippen molar-refractivity contribution in [3.63, 3.8) is 0 Å². The number of carbonyl (C=O) groups excluding carboxylic acids is 2. The number of hydrogen-bond acceptors (Lipinski definition) is 5. The number of amides is 1. The van der Waals surface area contributed by atoms with Gasteiger partial charge in [0.25, 0.3) is 5.91 Å². The molecule has 0 spiro atoms. The second kappa shape index (κ2) is 6.86. The average Bonchev–Trinajstić information content (AvgIpc) is 3.34. The highest BCUT2D eigenvalue weighted by molar-refractivity contribution is 5.86. The van der Waals surface area contributed by atoms with Gasteiger partial charge in [-0.05, 0) is 26.7 Å². The standard InChI is InChI=1S/C18H20N2O4/c1-11-15(12(2)24-20-11)10-16(21)23-17(13-6-4-3-5-7-13)18(22)19-14-8-9-14/h3-7,14,17H,8-10H2,1-2H3,(H,19,22). The van der Waals surface area contributed by atoms with Gasteiger partial charge in [0.15, 0.2) is 0 Å². The van der Waals surface area contributed by atoms with Crippen molar-refractivity contribution in [2.45, 2.75) is 45.3 Å². The number of nitrogens with zero attached hydrogens (tertiary/aromatic N) is 1. The average molecular weight is 328 g/mol. The molecule has 2 aromatic rings. The molecule has 1 heterocycles. The van der Waals surface area contributed by atoms with E-state index in [1.165, 1.54) is 0 Å². The number of carbonyl (C=O) groups is 2. The summed E-state index contributed by atoms with van der Waals surface area (Å²) in [5.41, 5.74) is 2.01. The second-order valence-electron chi connectivity index (χ2n) is 6.04. The number of aryl methyl sites for hydroxylation is 2. The predicted molar refractivity (Wildman–Crippen MR) is 86.1 cm³/mol. The van der Waals surface area contributed by atoms with Crippen LogP contribution in [0.4, 0.5) is 0 Å². The summed E-state index contributed by atoms with van der Waals surface area (Å²) in [7, 11) is 0. The van der Waals surface area contributed by atoms with Crippen LogP contribution in [0.15, 0.2) is 34.9 Å². The van der Waals surface area contributed by atoms with Crippen LogP contribution in [-0.4, -0.2) is 23.1 Å². The van der Waals surface area contributed by atoms with E-state index in [0.29, 0.717) is 22.6 Å². The van der Waals surface area contributed by atoms with E-state index in [4.69, 9.17) is 9.26 Å². The van der Waals surface area contributed by atoms with Crippen LogP contribution in [0.1, 0.15) is 41.5 Å². The second-order valence-corrected chi connectivity index (χ2v) is 6.04. The van der Waals surface area contributed by atoms with Crippen LogP contribution in [0, 0.1) is 13.8 Å². The summed E-state index contributed by atoms with van der Waals surface area (Å²) in [5, 5.41) is 6.72. The number of aromatic nitrogens is 1. The molecule has 1 atom stereocenters. The zero-order chi connectivity index (χ0) is 17.1. The lowest BCUT2D eigenvalue weighted by atomic mass is 10.1. The van der Waals surface area contributed by atoms with Crippen LogP contribution in [0.3, 0.4) is 0 Å². The van der Waals surface area contributed by atoms with E-state index in [1.54, 1.807) is 26.0 Å². The summed E-state index contributed by atoms with van der Waals surface area (Å²) in [5.74, 6) is -0.178. The van der Waals surface area contributed by atoms with E-state index in [9.17, 15) is 9.59 Å². The van der Waals surface area contributed by atoms with Crippen LogP contribution in [0.25, 0.3) is 0 Å². The topological polar surface area (TPSA) is 81.4 Å². The minimum atomic E-state index is -0.945. The quantitative estimate of drug-likeness (QED) is 0.824. The lowest BCUT2D eigenvalue weighted by Crippen LogP contribution is -2.33. The molecular formula is C18H20N2O4. The maximum Gasteiger partial charge on any atom is 0.311 e. The highest BCUT2D eigenvalue weighted by Gasteiger charge is 2.31. The van der Waals surface area contributed by atoms with Crippen molar-refractivity contribution in [2.75, 3.05) is 0 Å². The van der Waals surface area contributed by atoms with Crippen LogP contribution in [-0.2, 0) is 20.7 Å². The Kier molecular flexibility index (Phi) is 4.64. The molecular weight excluding hydrogens is 308 g/mol. The zero-order valence-electron chi connectivity index (χ0n) is 13.7. The third-order valence-corrected chi connectivity index (χ3v) is 4.02. The Bertz CT molecular complexity index is 715.